The van der Waals surface area contributed by atoms with Gasteiger partial charge < -0.3 is 20.4 Å². The van der Waals surface area contributed by atoms with Gasteiger partial charge >= 0.3 is 0 Å². The molecule has 0 atom stereocenters. The SMILES string of the molecule is CCCCC(=O)NC1CCN(C(=O)c2cc(O)cc(O)c2)CC1. The third-order valence-corrected chi connectivity index (χ3v) is 4.05. The van der Waals surface area contributed by atoms with Crippen LogP contribution >= 0.6 is 0 Å². The Morgan fingerprint density at radius 1 is 1.17 bits per heavy atom. The number of unbranched alkanes of at least 4 members (excludes halogenated alkanes) is 1. The fourth-order valence-electron chi connectivity index (χ4n) is 2.77. The summed E-state index contributed by atoms with van der Waals surface area (Å²) >= 11 is 0. The quantitative estimate of drug-likeness (QED) is 0.774. The number of benzene rings is 1. The molecule has 6 heteroatoms. The van der Waals surface area contributed by atoms with Crippen molar-refractivity contribution in [1.82, 2.24) is 10.2 Å². The Morgan fingerprint density at radius 3 is 2.35 bits per heavy atom. The van der Waals surface area contributed by atoms with E-state index in [-0.39, 0.29) is 34.9 Å². The number of hydrogen-bond acceptors (Lipinski definition) is 4. The highest BCUT2D eigenvalue weighted by Gasteiger charge is 2.25. The summed E-state index contributed by atoms with van der Waals surface area (Å²) < 4.78 is 0. The Bertz CT molecular complexity index is 545. The van der Waals surface area contributed by atoms with Crippen LogP contribution in [0.5, 0.6) is 11.5 Å². The molecule has 0 aromatic heterocycles. The number of nitrogens with zero attached hydrogens (tertiary/aromatic N) is 1. The van der Waals surface area contributed by atoms with Crippen LogP contribution in [0, 0.1) is 0 Å². The smallest absolute Gasteiger partial charge is 0.254 e. The van der Waals surface area contributed by atoms with Crippen LogP contribution in [0.4, 0.5) is 0 Å². The topological polar surface area (TPSA) is 89.9 Å². The largest absolute Gasteiger partial charge is 0.508 e. The van der Waals surface area contributed by atoms with Crippen LogP contribution in [-0.2, 0) is 4.79 Å². The van der Waals surface area contributed by atoms with Gasteiger partial charge in [-0.1, -0.05) is 13.3 Å². The van der Waals surface area contributed by atoms with E-state index >= 15 is 0 Å². The highest BCUT2D eigenvalue weighted by molar-refractivity contribution is 5.95. The zero-order valence-electron chi connectivity index (χ0n) is 13.4. The van der Waals surface area contributed by atoms with E-state index in [4.69, 9.17) is 0 Å². The predicted molar refractivity (Wildman–Crippen MR) is 86.4 cm³/mol. The minimum Gasteiger partial charge on any atom is -0.508 e. The van der Waals surface area contributed by atoms with Crippen molar-refractivity contribution < 1.29 is 19.8 Å². The van der Waals surface area contributed by atoms with E-state index in [1.165, 1.54) is 18.2 Å². The molecule has 0 aliphatic carbocycles. The minimum atomic E-state index is -0.216. The second kappa shape index (κ2) is 7.85. The number of amides is 2. The Hall–Kier alpha value is -2.24. The number of carbonyl (C=O) groups is 2. The summed E-state index contributed by atoms with van der Waals surface area (Å²) in [6, 6.07) is 4.00. The first-order valence-electron chi connectivity index (χ1n) is 8.11. The summed E-state index contributed by atoms with van der Waals surface area (Å²) in [5.41, 5.74) is 0.271. The van der Waals surface area contributed by atoms with E-state index < -0.39 is 0 Å². The molecule has 1 heterocycles. The Kier molecular flexibility index (Phi) is 5.84. The lowest BCUT2D eigenvalue weighted by Gasteiger charge is -2.32. The molecule has 1 saturated heterocycles. The van der Waals surface area contributed by atoms with E-state index in [1.54, 1.807) is 4.90 Å². The first kappa shape index (κ1) is 17.1. The molecule has 0 bridgehead atoms. The molecule has 23 heavy (non-hydrogen) atoms. The number of hydrogen-bond donors (Lipinski definition) is 3. The van der Waals surface area contributed by atoms with E-state index in [1.807, 2.05) is 0 Å². The van der Waals surface area contributed by atoms with Gasteiger partial charge in [0.1, 0.15) is 11.5 Å². The van der Waals surface area contributed by atoms with Crippen LogP contribution in [-0.4, -0.2) is 46.1 Å². The molecule has 1 fully saturated rings. The molecule has 0 saturated carbocycles. The molecule has 6 nitrogen and oxygen atoms in total. The van der Waals surface area contributed by atoms with Crippen molar-refractivity contribution in [3.05, 3.63) is 23.8 Å². The van der Waals surface area contributed by atoms with Gasteiger partial charge in [-0.2, -0.15) is 0 Å². The first-order chi connectivity index (χ1) is 11.0. The summed E-state index contributed by atoms with van der Waals surface area (Å²) in [4.78, 5) is 25.8. The minimum absolute atomic E-state index is 0.0783. The van der Waals surface area contributed by atoms with Gasteiger partial charge in [0.2, 0.25) is 5.91 Å². The fourth-order valence-corrected chi connectivity index (χ4v) is 2.77. The molecule has 1 aromatic rings. The van der Waals surface area contributed by atoms with Crippen molar-refractivity contribution >= 4 is 11.8 Å². The van der Waals surface area contributed by atoms with Gasteiger partial charge in [-0.05, 0) is 31.4 Å². The maximum absolute atomic E-state index is 12.4. The standard InChI is InChI=1S/C17H24N2O4/c1-2-3-4-16(22)18-13-5-7-19(8-6-13)17(23)12-9-14(20)11-15(21)10-12/h9-11,13,20-21H,2-8H2,1H3,(H,18,22). The van der Waals surface area contributed by atoms with Crippen LogP contribution in [0.15, 0.2) is 18.2 Å². The van der Waals surface area contributed by atoms with E-state index in [2.05, 4.69) is 12.2 Å². The highest BCUT2D eigenvalue weighted by atomic mass is 16.3. The molecule has 3 N–H and O–H groups in total. The predicted octanol–water partition coefficient (Wildman–Crippen LogP) is 2.01. The van der Waals surface area contributed by atoms with Gasteiger partial charge in [0.05, 0.1) is 0 Å². The Labute approximate surface area is 136 Å². The Morgan fingerprint density at radius 2 is 1.78 bits per heavy atom. The van der Waals surface area contributed by atoms with Crippen LogP contribution in [0.1, 0.15) is 49.4 Å². The van der Waals surface area contributed by atoms with Gasteiger partial charge in [0.25, 0.3) is 5.91 Å². The molecule has 1 aliphatic heterocycles. The number of phenolic OH excluding ortho intramolecular Hbond substituents is 2. The third kappa shape index (κ3) is 4.87. The number of aromatic hydroxyl groups is 2. The first-order valence-corrected chi connectivity index (χ1v) is 8.11. The van der Waals surface area contributed by atoms with E-state index in [0.29, 0.717) is 32.4 Å². The second-order valence-electron chi connectivity index (χ2n) is 5.98. The number of carbonyl (C=O) groups excluding carboxylic acids is 2. The van der Waals surface area contributed by atoms with Crippen molar-refractivity contribution in [3.8, 4) is 11.5 Å². The number of likely N-dealkylation sites (tertiary alicyclic amines) is 1. The zero-order valence-corrected chi connectivity index (χ0v) is 13.4. The monoisotopic (exact) mass is 320 g/mol. The van der Waals surface area contributed by atoms with Crippen LogP contribution in [0.3, 0.4) is 0 Å². The molecule has 0 unspecified atom stereocenters. The molecule has 1 aliphatic rings. The number of nitrogens with one attached hydrogen (secondary N) is 1. The number of piperidine rings is 1. The Balaban J connectivity index is 1.86. The molecule has 2 amide bonds. The van der Waals surface area contributed by atoms with Crippen molar-refractivity contribution in [1.29, 1.82) is 0 Å². The van der Waals surface area contributed by atoms with Gasteiger partial charge in [-0.15, -0.1) is 0 Å². The van der Waals surface area contributed by atoms with E-state index in [0.717, 1.165) is 12.8 Å². The molecule has 126 valence electrons. The third-order valence-electron chi connectivity index (χ3n) is 4.05. The van der Waals surface area contributed by atoms with Gasteiger partial charge in [-0.3, -0.25) is 9.59 Å². The van der Waals surface area contributed by atoms with Crippen molar-refractivity contribution in [3.63, 3.8) is 0 Å². The summed E-state index contributed by atoms with van der Waals surface area (Å²) in [6.45, 7) is 3.15. The summed E-state index contributed by atoms with van der Waals surface area (Å²) in [6.07, 6.45) is 3.88. The lowest BCUT2D eigenvalue weighted by atomic mass is 10.0. The van der Waals surface area contributed by atoms with Crippen LogP contribution in [0.2, 0.25) is 0 Å². The number of phenols is 2. The summed E-state index contributed by atoms with van der Waals surface area (Å²) in [5.74, 6) is -0.403. The molecule has 0 radical (unpaired) electrons. The summed E-state index contributed by atoms with van der Waals surface area (Å²) in [7, 11) is 0. The molecule has 1 aromatic carbocycles. The zero-order chi connectivity index (χ0) is 16.8. The second-order valence-corrected chi connectivity index (χ2v) is 5.98. The molecular formula is C17H24N2O4. The van der Waals surface area contributed by atoms with Crippen LogP contribution in [0.25, 0.3) is 0 Å². The lowest BCUT2D eigenvalue weighted by Crippen LogP contribution is -2.46. The van der Waals surface area contributed by atoms with Crippen LogP contribution < -0.4 is 5.32 Å². The lowest BCUT2D eigenvalue weighted by molar-refractivity contribution is -0.122. The maximum Gasteiger partial charge on any atom is 0.254 e. The van der Waals surface area contributed by atoms with Crippen molar-refractivity contribution in [2.24, 2.45) is 0 Å². The fraction of sp³-hybridized carbons (Fsp3) is 0.529. The summed E-state index contributed by atoms with van der Waals surface area (Å²) in [5, 5.41) is 22.0. The van der Waals surface area contributed by atoms with Gasteiger partial charge in [0.15, 0.2) is 0 Å². The van der Waals surface area contributed by atoms with E-state index in [9.17, 15) is 19.8 Å². The van der Waals surface area contributed by atoms with Gasteiger partial charge in [0, 0.05) is 37.2 Å². The normalized spacial score (nSPS) is 15.4. The molecule has 0 spiro atoms. The number of rotatable bonds is 5. The van der Waals surface area contributed by atoms with Gasteiger partial charge in [-0.25, -0.2) is 0 Å². The van der Waals surface area contributed by atoms with Crippen molar-refractivity contribution in [2.45, 2.75) is 45.1 Å². The van der Waals surface area contributed by atoms with Crippen molar-refractivity contribution in [2.75, 3.05) is 13.1 Å². The highest BCUT2D eigenvalue weighted by Crippen LogP contribution is 2.22. The maximum atomic E-state index is 12.4. The average molecular weight is 320 g/mol. The average Bonchev–Trinajstić information content (AvgIpc) is 2.52. The molecular weight excluding hydrogens is 296 g/mol. The molecule has 2 rings (SSSR count).